The molecule has 1 saturated heterocycles. The minimum atomic E-state index is -3.46. The first-order valence-corrected chi connectivity index (χ1v) is 8.23. The Balaban J connectivity index is 1.73. The zero-order chi connectivity index (χ0) is 15.0. The molecule has 0 spiro atoms. The minimum Gasteiger partial charge on any atom is -0.382 e. The molecule has 0 aromatic carbocycles. The van der Waals surface area contributed by atoms with E-state index in [4.69, 9.17) is 5.73 Å². The van der Waals surface area contributed by atoms with Gasteiger partial charge in [-0.05, 0) is 25.8 Å². The number of H-pyrrole nitrogens is 1. The number of piperidine rings is 1. The first kappa shape index (κ1) is 14.1. The number of aromatic nitrogens is 4. The molecule has 2 aromatic heterocycles. The highest BCUT2D eigenvalue weighted by Crippen LogP contribution is 2.27. The van der Waals surface area contributed by atoms with Crippen molar-refractivity contribution in [2.75, 3.05) is 18.8 Å². The summed E-state index contributed by atoms with van der Waals surface area (Å²) in [5.41, 5.74) is 6.18. The van der Waals surface area contributed by atoms with Crippen LogP contribution < -0.4 is 5.73 Å². The fraction of sp³-hybridized carbons (Fsp3) is 0.500. The molecule has 0 atom stereocenters. The van der Waals surface area contributed by atoms with E-state index in [1.54, 1.807) is 13.0 Å². The number of aryl methyl sites for hydroxylation is 1. The van der Waals surface area contributed by atoms with E-state index < -0.39 is 10.0 Å². The number of nitrogens with one attached hydrogen (secondary N) is 1. The molecule has 9 heteroatoms. The summed E-state index contributed by atoms with van der Waals surface area (Å²) in [7, 11) is -3.46. The molecule has 3 rings (SSSR count). The lowest BCUT2D eigenvalue weighted by atomic mass is 10.1. The standard InChI is InChI=1S/C12H18N6O2S/c1-9-11(8-14-15-9)21(19,20)17-5-2-10(3-6-17)18-7-4-12(13)16-18/h4,7-8,10H,2-3,5-6H2,1H3,(H2,13,16)(H,14,15). The molecule has 0 amide bonds. The zero-order valence-corrected chi connectivity index (χ0v) is 12.5. The topological polar surface area (TPSA) is 110 Å². The van der Waals surface area contributed by atoms with Crippen molar-refractivity contribution in [3.05, 3.63) is 24.2 Å². The van der Waals surface area contributed by atoms with Crippen LogP contribution >= 0.6 is 0 Å². The maximum atomic E-state index is 12.5. The van der Waals surface area contributed by atoms with E-state index in [1.165, 1.54) is 10.5 Å². The summed E-state index contributed by atoms with van der Waals surface area (Å²) in [5, 5.41) is 10.7. The van der Waals surface area contributed by atoms with Crippen LogP contribution in [0.5, 0.6) is 0 Å². The Hall–Kier alpha value is -1.87. The van der Waals surface area contributed by atoms with Gasteiger partial charge in [-0.25, -0.2) is 8.42 Å². The van der Waals surface area contributed by atoms with Gasteiger partial charge in [0.2, 0.25) is 10.0 Å². The summed E-state index contributed by atoms with van der Waals surface area (Å²) in [6, 6.07) is 1.94. The molecular weight excluding hydrogens is 292 g/mol. The highest BCUT2D eigenvalue weighted by atomic mass is 32.2. The summed E-state index contributed by atoms with van der Waals surface area (Å²) in [4.78, 5) is 0.254. The van der Waals surface area contributed by atoms with Crippen molar-refractivity contribution < 1.29 is 8.42 Å². The lowest BCUT2D eigenvalue weighted by molar-refractivity contribution is 0.261. The molecular formula is C12H18N6O2S. The quantitative estimate of drug-likeness (QED) is 0.859. The zero-order valence-electron chi connectivity index (χ0n) is 11.7. The summed E-state index contributed by atoms with van der Waals surface area (Å²) >= 11 is 0. The van der Waals surface area contributed by atoms with E-state index >= 15 is 0 Å². The molecule has 0 aliphatic carbocycles. The van der Waals surface area contributed by atoms with Gasteiger partial charge in [-0.1, -0.05) is 0 Å². The van der Waals surface area contributed by atoms with Gasteiger partial charge in [-0.3, -0.25) is 9.78 Å². The Morgan fingerprint density at radius 1 is 1.38 bits per heavy atom. The monoisotopic (exact) mass is 310 g/mol. The number of nitrogens with zero attached hydrogens (tertiary/aromatic N) is 4. The van der Waals surface area contributed by atoms with E-state index in [1.807, 2.05) is 10.9 Å². The highest BCUT2D eigenvalue weighted by molar-refractivity contribution is 7.89. The summed E-state index contributed by atoms with van der Waals surface area (Å²) in [6.45, 7) is 2.65. The van der Waals surface area contributed by atoms with E-state index in [0.717, 1.165) is 12.8 Å². The van der Waals surface area contributed by atoms with Crippen LogP contribution in [0.15, 0.2) is 23.4 Å². The molecule has 0 saturated carbocycles. The SMILES string of the molecule is Cc1[nH]ncc1S(=O)(=O)N1CCC(n2ccc(N)n2)CC1. The molecule has 0 unspecified atom stereocenters. The lowest BCUT2D eigenvalue weighted by Crippen LogP contribution is -2.39. The average Bonchev–Trinajstić information content (AvgIpc) is 3.08. The van der Waals surface area contributed by atoms with E-state index in [2.05, 4.69) is 15.3 Å². The van der Waals surface area contributed by atoms with Crippen molar-refractivity contribution in [1.82, 2.24) is 24.3 Å². The molecule has 1 aliphatic rings. The number of hydrogen-bond acceptors (Lipinski definition) is 5. The van der Waals surface area contributed by atoms with Gasteiger partial charge in [0.15, 0.2) is 0 Å². The maximum absolute atomic E-state index is 12.5. The normalized spacial score (nSPS) is 18.1. The van der Waals surface area contributed by atoms with Gasteiger partial charge in [-0.2, -0.15) is 14.5 Å². The van der Waals surface area contributed by atoms with Crippen LogP contribution in [0.3, 0.4) is 0 Å². The number of aromatic amines is 1. The Labute approximate surface area is 123 Å². The fourth-order valence-corrected chi connectivity index (χ4v) is 4.23. The second-order valence-electron chi connectivity index (χ2n) is 5.22. The van der Waals surface area contributed by atoms with E-state index in [0.29, 0.717) is 24.6 Å². The Morgan fingerprint density at radius 2 is 2.10 bits per heavy atom. The summed E-state index contributed by atoms with van der Waals surface area (Å²) in [5.74, 6) is 0.485. The van der Waals surface area contributed by atoms with Crippen molar-refractivity contribution in [1.29, 1.82) is 0 Å². The summed E-state index contributed by atoms with van der Waals surface area (Å²) in [6.07, 6.45) is 4.64. The molecule has 114 valence electrons. The second kappa shape index (κ2) is 5.15. The maximum Gasteiger partial charge on any atom is 0.246 e. The van der Waals surface area contributed by atoms with Crippen LogP contribution in [-0.2, 0) is 10.0 Å². The van der Waals surface area contributed by atoms with Crippen molar-refractivity contribution >= 4 is 15.8 Å². The smallest absolute Gasteiger partial charge is 0.246 e. The molecule has 3 N–H and O–H groups in total. The highest BCUT2D eigenvalue weighted by Gasteiger charge is 2.31. The van der Waals surface area contributed by atoms with Crippen molar-refractivity contribution in [2.45, 2.75) is 30.7 Å². The van der Waals surface area contributed by atoms with Gasteiger partial charge < -0.3 is 5.73 Å². The van der Waals surface area contributed by atoms with Crippen LogP contribution in [0, 0.1) is 6.92 Å². The van der Waals surface area contributed by atoms with Crippen LogP contribution in [0.1, 0.15) is 24.6 Å². The first-order valence-electron chi connectivity index (χ1n) is 6.79. The van der Waals surface area contributed by atoms with Crippen LogP contribution in [0.4, 0.5) is 5.82 Å². The van der Waals surface area contributed by atoms with Gasteiger partial charge in [0, 0.05) is 19.3 Å². The molecule has 1 aliphatic heterocycles. The molecule has 0 radical (unpaired) electrons. The minimum absolute atomic E-state index is 0.194. The Morgan fingerprint density at radius 3 is 2.62 bits per heavy atom. The predicted molar refractivity (Wildman–Crippen MR) is 77.0 cm³/mol. The van der Waals surface area contributed by atoms with Gasteiger partial charge in [0.1, 0.15) is 10.7 Å². The number of nitrogen functional groups attached to an aromatic ring is 1. The third-order valence-electron chi connectivity index (χ3n) is 3.83. The largest absolute Gasteiger partial charge is 0.382 e. The van der Waals surface area contributed by atoms with Gasteiger partial charge in [0.25, 0.3) is 0 Å². The third kappa shape index (κ3) is 2.54. The number of hydrogen-bond donors (Lipinski definition) is 2. The van der Waals surface area contributed by atoms with Crippen LogP contribution in [0.25, 0.3) is 0 Å². The van der Waals surface area contributed by atoms with Crippen molar-refractivity contribution in [2.24, 2.45) is 0 Å². The average molecular weight is 310 g/mol. The molecule has 2 aromatic rings. The fourth-order valence-electron chi connectivity index (χ4n) is 2.64. The number of anilines is 1. The van der Waals surface area contributed by atoms with Gasteiger partial charge in [-0.15, -0.1) is 0 Å². The number of sulfonamides is 1. The molecule has 1 fully saturated rings. The van der Waals surface area contributed by atoms with Crippen LogP contribution in [0.2, 0.25) is 0 Å². The number of nitrogens with two attached hydrogens (primary N) is 1. The van der Waals surface area contributed by atoms with Gasteiger partial charge in [0.05, 0.1) is 17.9 Å². The van der Waals surface area contributed by atoms with Crippen molar-refractivity contribution in [3.8, 4) is 0 Å². The van der Waals surface area contributed by atoms with Gasteiger partial charge >= 0.3 is 0 Å². The third-order valence-corrected chi connectivity index (χ3v) is 5.84. The Kier molecular flexibility index (Phi) is 3.46. The van der Waals surface area contributed by atoms with Crippen LogP contribution in [-0.4, -0.2) is 45.8 Å². The number of rotatable bonds is 3. The molecule has 0 bridgehead atoms. The Bertz CT molecular complexity index is 727. The van der Waals surface area contributed by atoms with E-state index in [9.17, 15) is 8.42 Å². The van der Waals surface area contributed by atoms with E-state index in [-0.39, 0.29) is 10.9 Å². The predicted octanol–water partition coefficient (Wildman–Crippen LogP) is 0.523. The first-order chi connectivity index (χ1) is 9.98. The summed E-state index contributed by atoms with van der Waals surface area (Å²) < 4.78 is 28.4. The second-order valence-corrected chi connectivity index (χ2v) is 7.12. The van der Waals surface area contributed by atoms with Crippen molar-refractivity contribution in [3.63, 3.8) is 0 Å². The molecule has 21 heavy (non-hydrogen) atoms. The molecule has 3 heterocycles. The molecule has 8 nitrogen and oxygen atoms in total. The lowest BCUT2D eigenvalue weighted by Gasteiger charge is -2.31.